The topological polar surface area (TPSA) is 29.5 Å². The lowest BCUT2D eigenvalue weighted by molar-refractivity contribution is -0.106. The van der Waals surface area contributed by atoms with Crippen molar-refractivity contribution in [1.29, 1.82) is 0 Å². The minimum absolute atomic E-state index is 0.147. The molecule has 0 saturated heterocycles. The molecule has 0 aromatic heterocycles. The third kappa shape index (κ3) is 4.04. The largest absolute Gasteiger partial charge is 0.393 e. The van der Waals surface area contributed by atoms with E-state index in [4.69, 9.17) is 4.74 Å². The van der Waals surface area contributed by atoms with Gasteiger partial charge in [0.2, 0.25) is 0 Å². The van der Waals surface area contributed by atoms with E-state index in [9.17, 15) is 5.11 Å². The van der Waals surface area contributed by atoms with E-state index in [-0.39, 0.29) is 17.6 Å². The molecule has 0 aromatic rings. The molecule has 0 spiro atoms. The Bertz CT molecular complexity index is 682. The van der Waals surface area contributed by atoms with E-state index in [1.165, 1.54) is 50.5 Å². The zero-order valence-electron chi connectivity index (χ0n) is 22.2. The molecule has 0 bridgehead atoms. The van der Waals surface area contributed by atoms with Gasteiger partial charge in [0.1, 0.15) is 0 Å². The highest BCUT2D eigenvalue weighted by molar-refractivity contribution is 5.28. The van der Waals surface area contributed by atoms with Gasteiger partial charge in [-0.15, -0.1) is 0 Å². The molecule has 0 aromatic carbocycles. The summed E-state index contributed by atoms with van der Waals surface area (Å²) in [6, 6.07) is 0. The van der Waals surface area contributed by atoms with Crippen molar-refractivity contribution >= 4 is 0 Å². The third-order valence-corrected chi connectivity index (χ3v) is 11.6. The fourth-order valence-electron chi connectivity index (χ4n) is 9.49. The molecule has 184 valence electrons. The van der Waals surface area contributed by atoms with Gasteiger partial charge < -0.3 is 9.84 Å². The van der Waals surface area contributed by atoms with Gasteiger partial charge >= 0.3 is 0 Å². The predicted octanol–water partition coefficient (Wildman–Crippen LogP) is 7.65. The standard InChI is InChI=1S/C30H52O2/c1-8-21(19(2)3)10-9-20(4)24-11-12-25-28-26(14-16-30(24,25)6)29(5)15-13-23(31)17-22(29)18-27(28)32-7/h18-21,23-28,31H,8-17H2,1-7H3/t20-,21-,23+,24-,25+,26+,27?,28+,29+,30-/m1/s1. The quantitative estimate of drug-likeness (QED) is 0.409. The number of hydrogen-bond acceptors (Lipinski definition) is 2. The molecular weight excluding hydrogens is 392 g/mol. The van der Waals surface area contributed by atoms with Crippen molar-refractivity contribution in [3.05, 3.63) is 11.6 Å². The second-order valence-corrected chi connectivity index (χ2v) is 13.2. The van der Waals surface area contributed by atoms with Crippen LogP contribution in [0.2, 0.25) is 0 Å². The first-order valence-corrected chi connectivity index (χ1v) is 14.1. The number of fused-ring (bicyclic) bond motifs is 5. The van der Waals surface area contributed by atoms with Crippen LogP contribution in [0.15, 0.2) is 11.6 Å². The van der Waals surface area contributed by atoms with E-state index in [1.54, 1.807) is 0 Å². The van der Waals surface area contributed by atoms with Crippen LogP contribution in [0.4, 0.5) is 0 Å². The lowest BCUT2D eigenvalue weighted by Crippen LogP contribution is -2.55. The fraction of sp³-hybridized carbons (Fsp3) is 0.933. The van der Waals surface area contributed by atoms with E-state index in [0.29, 0.717) is 11.3 Å². The van der Waals surface area contributed by atoms with Gasteiger partial charge in [0.15, 0.2) is 0 Å². The lowest BCUT2D eigenvalue weighted by Gasteiger charge is -2.60. The zero-order chi connectivity index (χ0) is 23.3. The van der Waals surface area contributed by atoms with E-state index in [0.717, 1.165) is 54.8 Å². The minimum Gasteiger partial charge on any atom is -0.393 e. The van der Waals surface area contributed by atoms with Crippen molar-refractivity contribution in [2.24, 2.45) is 52.3 Å². The van der Waals surface area contributed by atoms with Crippen LogP contribution in [0.5, 0.6) is 0 Å². The highest BCUT2D eigenvalue weighted by Crippen LogP contribution is 2.67. The van der Waals surface area contributed by atoms with Gasteiger partial charge in [0.05, 0.1) is 12.2 Å². The molecule has 0 radical (unpaired) electrons. The molecule has 0 amide bonds. The van der Waals surface area contributed by atoms with Crippen LogP contribution in [0, 0.1) is 52.3 Å². The molecule has 3 fully saturated rings. The molecule has 0 heterocycles. The molecule has 1 unspecified atom stereocenters. The summed E-state index contributed by atoms with van der Waals surface area (Å²) < 4.78 is 6.20. The van der Waals surface area contributed by atoms with Gasteiger partial charge in [0, 0.05) is 7.11 Å². The maximum absolute atomic E-state index is 10.4. The molecule has 1 N–H and O–H groups in total. The molecule has 4 rings (SSSR count). The normalized spacial score (nSPS) is 45.6. The van der Waals surface area contributed by atoms with Crippen molar-refractivity contribution < 1.29 is 9.84 Å². The van der Waals surface area contributed by atoms with E-state index in [1.807, 2.05) is 7.11 Å². The average Bonchev–Trinajstić information content (AvgIpc) is 3.11. The summed E-state index contributed by atoms with van der Waals surface area (Å²) in [4.78, 5) is 0. The Morgan fingerprint density at radius 1 is 1.03 bits per heavy atom. The van der Waals surface area contributed by atoms with Gasteiger partial charge in [-0.25, -0.2) is 0 Å². The highest BCUT2D eigenvalue weighted by Gasteiger charge is 2.61. The molecule has 2 nitrogen and oxygen atoms in total. The summed E-state index contributed by atoms with van der Waals surface area (Å²) in [5, 5.41) is 10.4. The summed E-state index contributed by atoms with van der Waals surface area (Å²) in [6.45, 7) is 15.0. The van der Waals surface area contributed by atoms with Gasteiger partial charge in [-0.05, 0) is 104 Å². The van der Waals surface area contributed by atoms with Crippen LogP contribution in [0.3, 0.4) is 0 Å². The van der Waals surface area contributed by atoms with Crippen molar-refractivity contribution in [2.75, 3.05) is 7.11 Å². The smallest absolute Gasteiger partial charge is 0.0788 e. The van der Waals surface area contributed by atoms with Crippen LogP contribution in [0.25, 0.3) is 0 Å². The maximum Gasteiger partial charge on any atom is 0.0788 e. The fourth-order valence-corrected chi connectivity index (χ4v) is 9.49. The molecule has 4 aliphatic carbocycles. The van der Waals surface area contributed by atoms with Gasteiger partial charge in [-0.1, -0.05) is 66.0 Å². The Morgan fingerprint density at radius 3 is 2.44 bits per heavy atom. The summed E-state index contributed by atoms with van der Waals surface area (Å²) >= 11 is 0. The summed E-state index contributed by atoms with van der Waals surface area (Å²) in [5.41, 5.74) is 2.28. The predicted molar refractivity (Wildman–Crippen MR) is 134 cm³/mol. The molecule has 2 heteroatoms. The number of ether oxygens (including phenoxy) is 1. The molecule has 10 atom stereocenters. The molecule has 4 aliphatic rings. The number of hydrogen-bond donors (Lipinski definition) is 1. The van der Waals surface area contributed by atoms with Gasteiger partial charge in [0.25, 0.3) is 0 Å². The number of aliphatic hydroxyl groups is 1. The number of aliphatic hydroxyl groups excluding tert-OH is 1. The Kier molecular flexibility index (Phi) is 7.25. The van der Waals surface area contributed by atoms with Gasteiger partial charge in [-0.3, -0.25) is 0 Å². The monoisotopic (exact) mass is 444 g/mol. The summed E-state index contributed by atoms with van der Waals surface area (Å²) in [5.74, 6) is 5.62. The average molecular weight is 445 g/mol. The molecule has 32 heavy (non-hydrogen) atoms. The third-order valence-electron chi connectivity index (χ3n) is 11.6. The summed E-state index contributed by atoms with van der Waals surface area (Å²) in [7, 11) is 1.93. The van der Waals surface area contributed by atoms with Crippen molar-refractivity contribution in [3.8, 4) is 0 Å². The van der Waals surface area contributed by atoms with Gasteiger partial charge in [-0.2, -0.15) is 0 Å². The van der Waals surface area contributed by atoms with Crippen LogP contribution in [-0.2, 0) is 4.74 Å². The Labute approximate surface area is 199 Å². The molecular formula is C30H52O2. The number of rotatable bonds is 7. The molecule has 0 aliphatic heterocycles. The lowest BCUT2D eigenvalue weighted by atomic mass is 9.46. The highest BCUT2D eigenvalue weighted by atomic mass is 16.5. The van der Waals surface area contributed by atoms with E-state index < -0.39 is 0 Å². The van der Waals surface area contributed by atoms with Crippen LogP contribution in [0.1, 0.15) is 106 Å². The second-order valence-electron chi connectivity index (χ2n) is 13.2. The van der Waals surface area contributed by atoms with E-state index in [2.05, 4.69) is 47.6 Å². The van der Waals surface area contributed by atoms with Crippen molar-refractivity contribution in [1.82, 2.24) is 0 Å². The zero-order valence-corrected chi connectivity index (χ0v) is 22.2. The SMILES string of the molecule is CC[C@H](CC[C@@H](C)[C@H]1CC[C@H]2[C@@H]3C(OC)C=C4C[C@@H](O)CC[C@]4(C)[C@H]3CC[C@]12C)C(C)C. The van der Waals surface area contributed by atoms with Crippen LogP contribution >= 0.6 is 0 Å². The molecule has 3 saturated carbocycles. The van der Waals surface area contributed by atoms with Crippen molar-refractivity contribution in [3.63, 3.8) is 0 Å². The van der Waals surface area contributed by atoms with Crippen molar-refractivity contribution in [2.45, 2.75) is 118 Å². The Morgan fingerprint density at radius 2 is 1.78 bits per heavy atom. The first-order chi connectivity index (χ1) is 15.2. The van der Waals surface area contributed by atoms with Crippen LogP contribution in [-0.4, -0.2) is 24.4 Å². The minimum atomic E-state index is -0.147. The Balaban J connectivity index is 1.54. The second kappa shape index (κ2) is 9.37. The first kappa shape index (κ1) is 24.8. The summed E-state index contributed by atoms with van der Waals surface area (Å²) in [6.07, 6.45) is 15.3. The first-order valence-electron chi connectivity index (χ1n) is 14.1. The van der Waals surface area contributed by atoms with Crippen LogP contribution < -0.4 is 0 Å². The Hall–Kier alpha value is -0.340. The maximum atomic E-state index is 10.4. The number of methoxy groups -OCH3 is 1. The van der Waals surface area contributed by atoms with E-state index >= 15 is 0 Å².